The van der Waals surface area contributed by atoms with Crippen LogP contribution in [0.1, 0.15) is 5.56 Å². The van der Waals surface area contributed by atoms with E-state index in [2.05, 4.69) is 13.2 Å². The first-order chi connectivity index (χ1) is 9.13. The Balaban J connectivity index is 2.31. The maximum Gasteiger partial charge on any atom is 0.136 e. The highest BCUT2D eigenvalue weighted by Crippen LogP contribution is 2.29. The van der Waals surface area contributed by atoms with E-state index in [9.17, 15) is 4.39 Å². The van der Waals surface area contributed by atoms with Crippen molar-refractivity contribution in [3.63, 3.8) is 0 Å². The Labute approximate surface area is 112 Å². The molecule has 0 fully saturated rings. The molecule has 0 bridgehead atoms. The number of allylic oxidation sites excluding steroid dienone is 3. The fourth-order valence-corrected chi connectivity index (χ4v) is 1.85. The van der Waals surface area contributed by atoms with E-state index in [0.717, 1.165) is 11.4 Å². The van der Waals surface area contributed by atoms with Crippen molar-refractivity contribution in [2.24, 2.45) is 0 Å². The minimum absolute atomic E-state index is 0.317. The first-order valence-corrected chi connectivity index (χ1v) is 5.98. The maximum atomic E-state index is 14.1. The van der Waals surface area contributed by atoms with Crippen LogP contribution in [0.3, 0.4) is 0 Å². The molecule has 0 aliphatic carbocycles. The first-order valence-electron chi connectivity index (χ1n) is 5.98. The maximum absolute atomic E-state index is 14.1. The number of likely N-dealkylation sites (N-methyl/N-ethyl adjacent to an activating group) is 1. The van der Waals surface area contributed by atoms with Crippen molar-refractivity contribution in [2.45, 2.75) is 0 Å². The SMILES string of the molecule is C=CCOc1ccc(C2=CC=CC(=C)N2C)c(F)c1. The van der Waals surface area contributed by atoms with E-state index in [1.165, 1.54) is 6.07 Å². The molecule has 0 saturated heterocycles. The highest BCUT2D eigenvalue weighted by atomic mass is 19.1. The predicted molar refractivity (Wildman–Crippen MR) is 76.1 cm³/mol. The van der Waals surface area contributed by atoms with Crippen LogP contribution in [0.5, 0.6) is 5.75 Å². The van der Waals surface area contributed by atoms with Gasteiger partial charge in [-0.05, 0) is 24.3 Å². The molecule has 1 heterocycles. The van der Waals surface area contributed by atoms with E-state index < -0.39 is 0 Å². The van der Waals surface area contributed by atoms with Gasteiger partial charge in [0.1, 0.15) is 18.2 Å². The van der Waals surface area contributed by atoms with E-state index >= 15 is 0 Å². The number of benzene rings is 1. The number of ether oxygens (including phenoxy) is 1. The van der Waals surface area contributed by atoms with Crippen molar-refractivity contribution in [3.05, 3.63) is 72.7 Å². The predicted octanol–water partition coefficient (Wildman–Crippen LogP) is 3.75. The lowest BCUT2D eigenvalue weighted by atomic mass is 10.1. The fraction of sp³-hybridized carbons (Fsp3) is 0.125. The number of hydrogen-bond donors (Lipinski definition) is 0. The van der Waals surface area contributed by atoms with Crippen molar-refractivity contribution in [2.75, 3.05) is 13.7 Å². The van der Waals surface area contributed by atoms with Gasteiger partial charge in [0, 0.05) is 24.4 Å². The highest BCUT2D eigenvalue weighted by Gasteiger charge is 2.15. The normalized spacial score (nSPS) is 14.3. The molecule has 0 spiro atoms. The summed E-state index contributed by atoms with van der Waals surface area (Å²) >= 11 is 0. The molecular weight excluding hydrogens is 241 g/mol. The molecule has 2 nitrogen and oxygen atoms in total. The van der Waals surface area contributed by atoms with Crippen molar-refractivity contribution in [3.8, 4) is 5.75 Å². The molecule has 0 unspecified atom stereocenters. The lowest BCUT2D eigenvalue weighted by Crippen LogP contribution is -2.17. The molecule has 1 aromatic rings. The van der Waals surface area contributed by atoms with Crippen LogP contribution in [0, 0.1) is 5.82 Å². The first kappa shape index (κ1) is 13.1. The standard InChI is InChI=1S/C16H16FNO/c1-4-10-19-13-8-9-14(15(17)11-13)16-7-5-6-12(2)18(16)3/h4-9,11H,1-2,10H2,3H3. The second kappa shape index (κ2) is 5.57. The van der Waals surface area contributed by atoms with Gasteiger partial charge in [-0.1, -0.05) is 25.3 Å². The molecule has 0 radical (unpaired) electrons. The molecule has 0 aromatic heterocycles. The smallest absolute Gasteiger partial charge is 0.136 e. The summed E-state index contributed by atoms with van der Waals surface area (Å²) in [5.74, 6) is 0.178. The fourth-order valence-electron chi connectivity index (χ4n) is 1.85. The molecule has 0 N–H and O–H groups in total. The molecule has 98 valence electrons. The van der Waals surface area contributed by atoms with Gasteiger partial charge in [-0.2, -0.15) is 0 Å². The largest absolute Gasteiger partial charge is 0.489 e. The Morgan fingerprint density at radius 1 is 1.42 bits per heavy atom. The van der Waals surface area contributed by atoms with Crippen molar-refractivity contribution >= 4 is 5.70 Å². The number of rotatable bonds is 4. The monoisotopic (exact) mass is 257 g/mol. The Morgan fingerprint density at radius 2 is 2.21 bits per heavy atom. The molecule has 2 rings (SSSR count). The third-order valence-corrected chi connectivity index (χ3v) is 2.92. The van der Waals surface area contributed by atoms with Crippen LogP contribution in [0.4, 0.5) is 4.39 Å². The van der Waals surface area contributed by atoms with Gasteiger partial charge in [-0.3, -0.25) is 0 Å². The Bertz CT molecular complexity index is 572. The van der Waals surface area contributed by atoms with Gasteiger partial charge in [0.2, 0.25) is 0 Å². The molecule has 1 aliphatic heterocycles. The zero-order valence-electron chi connectivity index (χ0n) is 10.9. The van der Waals surface area contributed by atoms with Crippen LogP contribution in [0.15, 0.2) is 61.4 Å². The summed E-state index contributed by atoms with van der Waals surface area (Å²) in [4.78, 5) is 1.85. The Morgan fingerprint density at radius 3 is 2.89 bits per heavy atom. The Hall–Kier alpha value is -2.29. The van der Waals surface area contributed by atoms with Gasteiger partial charge in [0.05, 0.1) is 5.70 Å². The number of nitrogens with zero attached hydrogens (tertiary/aromatic N) is 1. The zero-order chi connectivity index (χ0) is 13.8. The summed E-state index contributed by atoms with van der Waals surface area (Å²) in [7, 11) is 1.86. The number of hydrogen-bond acceptors (Lipinski definition) is 2. The van der Waals surface area contributed by atoms with Gasteiger partial charge in [0.15, 0.2) is 0 Å². The summed E-state index contributed by atoms with van der Waals surface area (Å²) in [6.07, 6.45) is 7.22. The third kappa shape index (κ3) is 2.76. The van der Waals surface area contributed by atoms with E-state index in [1.807, 2.05) is 30.2 Å². The van der Waals surface area contributed by atoms with Gasteiger partial charge in [0.25, 0.3) is 0 Å². The third-order valence-electron chi connectivity index (χ3n) is 2.92. The molecule has 1 aliphatic rings. The van der Waals surface area contributed by atoms with Gasteiger partial charge >= 0.3 is 0 Å². The molecule has 19 heavy (non-hydrogen) atoms. The van der Waals surface area contributed by atoms with Crippen LogP contribution < -0.4 is 4.74 Å². The van der Waals surface area contributed by atoms with Crippen LogP contribution in [0.25, 0.3) is 5.70 Å². The van der Waals surface area contributed by atoms with Crippen molar-refractivity contribution in [1.29, 1.82) is 0 Å². The summed E-state index contributed by atoms with van der Waals surface area (Å²) in [5.41, 5.74) is 2.13. The highest BCUT2D eigenvalue weighted by molar-refractivity contribution is 5.70. The van der Waals surface area contributed by atoms with Gasteiger partial charge in [-0.25, -0.2) is 4.39 Å². The van der Waals surface area contributed by atoms with E-state index in [-0.39, 0.29) is 5.82 Å². The number of halogens is 1. The summed E-state index contributed by atoms with van der Waals surface area (Å²) in [6.45, 7) is 7.82. The van der Waals surface area contributed by atoms with Gasteiger partial charge in [-0.15, -0.1) is 0 Å². The average Bonchev–Trinajstić information content (AvgIpc) is 2.40. The summed E-state index contributed by atoms with van der Waals surface area (Å²) < 4.78 is 19.4. The molecular formula is C16H16FNO. The average molecular weight is 257 g/mol. The van der Waals surface area contributed by atoms with Crippen LogP contribution >= 0.6 is 0 Å². The van der Waals surface area contributed by atoms with E-state index in [1.54, 1.807) is 18.2 Å². The molecule has 1 aromatic carbocycles. The van der Waals surface area contributed by atoms with Crippen LogP contribution in [-0.2, 0) is 0 Å². The van der Waals surface area contributed by atoms with Crippen LogP contribution in [0.2, 0.25) is 0 Å². The van der Waals surface area contributed by atoms with Crippen LogP contribution in [-0.4, -0.2) is 18.6 Å². The quantitative estimate of drug-likeness (QED) is 0.762. The molecule has 0 amide bonds. The summed E-state index contributed by atoms with van der Waals surface area (Å²) in [6, 6.07) is 4.84. The van der Waals surface area contributed by atoms with Crippen molar-refractivity contribution in [1.82, 2.24) is 4.90 Å². The minimum atomic E-state index is -0.317. The minimum Gasteiger partial charge on any atom is -0.489 e. The second-order valence-electron chi connectivity index (χ2n) is 4.20. The molecule has 0 atom stereocenters. The zero-order valence-corrected chi connectivity index (χ0v) is 10.9. The van der Waals surface area contributed by atoms with Crippen molar-refractivity contribution < 1.29 is 9.13 Å². The molecule has 0 saturated carbocycles. The lowest BCUT2D eigenvalue weighted by Gasteiger charge is -2.26. The summed E-state index contributed by atoms with van der Waals surface area (Å²) in [5, 5.41) is 0. The second-order valence-corrected chi connectivity index (χ2v) is 4.20. The topological polar surface area (TPSA) is 12.5 Å². The van der Waals surface area contributed by atoms with Gasteiger partial charge < -0.3 is 9.64 Å². The molecule has 3 heteroatoms. The van der Waals surface area contributed by atoms with E-state index in [4.69, 9.17) is 4.74 Å². The Kier molecular flexibility index (Phi) is 3.85. The van der Waals surface area contributed by atoms with E-state index in [0.29, 0.717) is 17.9 Å². The lowest BCUT2D eigenvalue weighted by molar-refractivity contribution is 0.360.